The van der Waals surface area contributed by atoms with Crippen LogP contribution in [0.1, 0.15) is 37.3 Å². The summed E-state index contributed by atoms with van der Waals surface area (Å²) in [6.07, 6.45) is 3.23. The van der Waals surface area contributed by atoms with E-state index in [-0.39, 0.29) is 12.3 Å². The molecule has 0 radical (unpaired) electrons. The molecule has 0 bridgehead atoms. The number of carboxylic acid groups (broad SMARTS) is 1. The summed E-state index contributed by atoms with van der Waals surface area (Å²) in [6.45, 7) is 4.11. The van der Waals surface area contributed by atoms with Gasteiger partial charge in [0.05, 0.1) is 11.9 Å². The van der Waals surface area contributed by atoms with E-state index in [1.54, 1.807) is 0 Å². The van der Waals surface area contributed by atoms with E-state index in [0.29, 0.717) is 0 Å². The molecule has 1 aromatic heterocycles. The molecule has 18 heavy (non-hydrogen) atoms. The SMILES string of the molecule is CCc1cccc2c(C(C)CC(=O)O)cn(C)c12. The van der Waals surface area contributed by atoms with Gasteiger partial charge in [-0.3, -0.25) is 4.79 Å². The number of aryl methyl sites for hydroxylation is 2. The first-order valence-electron chi connectivity index (χ1n) is 6.33. The number of carboxylic acids is 1. The summed E-state index contributed by atoms with van der Waals surface area (Å²) in [5, 5.41) is 10.1. The summed E-state index contributed by atoms with van der Waals surface area (Å²) >= 11 is 0. The lowest BCUT2D eigenvalue weighted by Gasteiger charge is -2.07. The van der Waals surface area contributed by atoms with Gasteiger partial charge in [-0.15, -0.1) is 0 Å². The zero-order valence-electron chi connectivity index (χ0n) is 11.1. The number of carbonyl (C=O) groups is 1. The molecule has 3 nitrogen and oxygen atoms in total. The quantitative estimate of drug-likeness (QED) is 0.897. The van der Waals surface area contributed by atoms with Crippen LogP contribution >= 0.6 is 0 Å². The van der Waals surface area contributed by atoms with Crippen molar-refractivity contribution in [3.8, 4) is 0 Å². The highest BCUT2D eigenvalue weighted by Gasteiger charge is 2.16. The van der Waals surface area contributed by atoms with Crippen molar-refractivity contribution in [2.75, 3.05) is 0 Å². The van der Waals surface area contributed by atoms with Crippen molar-refractivity contribution in [1.82, 2.24) is 4.57 Å². The Labute approximate surface area is 107 Å². The van der Waals surface area contributed by atoms with Crippen LogP contribution in [0.3, 0.4) is 0 Å². The van der Waals surface area contributed by atoms with Gasteiger partial charge in [-0.25, -0.2) is 0 Å². The van der Waals surface area contributed by atoms with Crippen LogP contribution in [0.25, 0.3) is 10.9 Å². The highest BCUT2D eigenvalue weighted by molar-refractivity contribution is 5.87. The van der Waals surface area contributed by atoms with E-state index in [9.17, 15) is 4.79 Å². The lowest BCUT2D eigenvalue weighted by atomic mass is 9.96. The Kier molecular flexibility index (Phi) is 3.41. The third-order valence-electron chi connectivity index (χ3n) is 3.51. The number of aliphatic carboxylic acids is 1. The molecule has 0 spiro atoms. The van der Waals surface area contributed by atoms with Gasteiger partial charge in [0.2, 0.25) is 0 Å². The minimum atomic E-state index is -0.744. The number of fused-ring (bicyclic) bond motifs is 1. The summed E-state index contributed by atoms with van der Waals surface area (Å²) in [5.74, 6) is -0.704. The molecule has 0 fully saturated rings. The van der Waals surface area contributed by atoms with E-state index < -0.39 is 5.97 Å². The average molecular weight is 245 g/mol. The molecule has 1 atom stereocenters. The van der Waals surface area contributed by atoms with E-state index >= 15 is 0 Å². The van der Waals surface area contributed by atoms with Crippen molar-refractivity contribution >= 4 is 16.9 Å². The summed E-state index contributed by atoms with van der Waals surface area (Å²) in [4.78, 5) is 10.8. The van der Waals surface area contributed by atoms with Crippen molar-refractivity contribution in [1.29, 1.82) is 0 Å². The highest BCUT2D eigenvalue weighted by Crippen LogP contribution is 2.31. The molecule has 0 aliphatic heterocycles. The number of nitrogens with zero attached hydrogens (tertiary/aromatic N) is 1. The Morgan fingerprint density at radius 1 is 1.44 bits per heavy atom. The molecule has 0 aliphatic carbocycles. The molecule has 0 saturated heterocycles. The lowest BCUT2D eigenvalue weighted by molar-refractivity contribution is -0.137. The Morgan fingerprint density at radius 3 is 2.78 bits per heavy atom. The molecule has 2 aromatic rings. The van der Waals surface area contributed by atoms with E-state index in [4.69, 9.17) is 5.11 Å². The van der Waals surface area contributed by atoms with Gasteiger partial charge in [-0.05, 0) is 23.5 Å². The summed E-state index contributed by atoms with van der Waals surface area (Å²) in [5.41, 5.74) is 3.67. The summed E-state index contributed by atoms with van der Waals surface area (Å²) in [7, 11) is 2.03. The van der Waals surface area contributed by atoms with Crippen molar-refractivity contribution in [3.05, 3.63) is 35.5 Å². The van der Waals surface area contributed by atoms with Gasteiger partial charge in [0, 0.05) is 18.6 Å². The molecule has 0 saturated carbocycles. The predicted molar refractivity (Wildman–Crippen MR) is 73.0 cm³/mol. The van der Waals surface area contributed by atoms with Crippen molar-refractivity contribution in [3.63, 3.8) is 0 Å². The standard InChI is InChI=1S/C15H19NO2/c1-4-11-6-5-7-12-13(9-16(3)15(11)12)10(2)8-14(17)18/h5-7,9-10H,4,8H2,1-3H3,(H,17,18). The summed E-state index contributed by atoms with van der Waals surface area (Å²) in [6, 6.07) is 6.27. The predicted octanol–water partition coefficient (Wildman–Crippen LogP) is 3.32. The number of benzene rings is 1. The van der Waals surface area contributed by atoms with Gasteiger partial charge in [0.1, 0.15) is 0 Å². The largest absolute Gasteiger partial charge is 0.481 e. The second-order valence-corrected chi connectivity index (χ2v) is 4.86. The van der Waals surface area contributed by atoms with Crippen LogP contribution < -0.4 is 0 Å². The first-order valence-corrected chi connectivity index (χ1v) is 6.33. The van der Waals surface area contributed by atoms with Crippen LogP contribution in [0.15, 0.2) is 24.4 Å². The molecule has 1 aromatic carbocycles. The topological polar surface area (TPSA) is 42.2 Å². The van der Waals surface area contributed by atoms with Crippen molar-refractivity contribution in [2.24, 2.45) is 7.05 Å². The van der Waals surface area contributed by atoms with E-state index in [1.165, 1.54) is 16.5 Å². The molecule has 0 amide bonds. The van der Waals surface area contributed by atoms with Crippen molar-refractivity contribution in [2.45, 2.75) is 32.6 Å². The monoisotopic (exact) mass is 245 g/mol. The van der Waals surface area contributed by atoms with E-state index in [1.807, 2.05) is 14.0 Å². The third-order valence-corrected chi connectivity index (χ3v) is 3.51. The Hall–Kier alpha value is -1.77. The van der Waals surface area contributed by atoms with Crippen LogP contribution in [-0.4, -0.2) is 15.6 Å². The van der Waals surface area contributed by atoms with Crippen LogP contribution in [0.2, 0.25) is 0 Å². The van der Waals surface area contributed by atoms with Gasteiger partial charge in [0.25, 0.3) is 0 Å². The van der Waals surface area contributed by atoms with Crippen LogP contribution in [0.4, 0.5) is 0 Å². The fourth-order valence-electron chi connectivity index (χ4n) is 2.63. The molecule has 0 aliphatic rings. The van der Waals surface area contributed by atoms with Gasteiger partial charge in [0.15, 0.2) is 0 Å². The zero-order chi connectivity index (χ0) is 13.3. The highest BCUT2D eigenvalue weighted by atomic mass is 16.4. The first kappa shape index (κ1) is 12.7. The maximum Gasteiger partial charge on any atom is 0.303 e. The second-order valence-electron chi connectivity index (χ2n) is 4.86. The first-order chi connectivity index (χ1) is 8.54. The Morgan fingerprint density at radius 2 is 2.17 bits per heavy atom. The number of hydrogen-bond donors (Lipinski definition) is 1. The third kappa shape index (κ3) is 2.13. The zero-order valence-corrected chi connectivity index (χ0v) is 11.1. The van der Waals surface area contributed by atoms with Gasteiger partial charge < -0.3 is 9.67 Å². The second kappa shape index (κ2) is 4.84. The van der Waals surface area contributed by atoms with Crippen LogP contribution in [0, 0.1) is 0 Å². The van der Waals surface area contributed by atoms with Gasteiger partial charge in [-0.1, -0.05) is 32.0 Å². The molecule has 96 valence electrons. The number of rotatable bonds is 4. The minimum Gasteiger partial charge on any atom is -0.481 e. The Bertz CT molecular complexity index is 583. The lowest BCUT2D eigenvalue weighted by Crippen LogP contribution is -2.02. The van der Waals surface area contributed by atoms with Crippen molar-refractivity contribution < 1.29 is 9.90 Å². The smallest absolute Gasteiger partial charge is 0.303 e. The Balaban J connectivity index is 2.56. The van der Waals surface area contributed by atoms with E-state index in [2.05, 4.69) is 35.9 Å². The normalized spacial score (nSPS) is 12.8. The molecular formula is C15H19NO2. The van der Waals surface area contributed by atoms with Crippen LogP contribution in [0.5, 0.6) is 0 Å². The maximum absolute atomic E-state index is 10.8. The molecular weight excluding hydrogens is 226 g/mol. The number of para-hydroxylation sites is 1. The van der Waals surface area contributed by atoms with Crippen LogP contribution in [-0.2, 0) is 18.3 Å². The average Bonchev–Trinajstić information content (AvgIpc) is 2.66. The minimum absolute atomic E-state index is 0.0401. The fraction of sp³-hybridized carbons (Fsp3) is 0.400. The molecule has 3 heteroatoms. The fourth-order valence-corrected chi connectivity index (χ4v) is 2.63. The molecule has 1 N–H and O–H groups in total. The molecule has 1 unspecified atom stereocenters. The maximum atomic E-state index is 10.8. The number of aromatic nitrogens is 1. The van der Waals surface area contributed by atoms with E-state index in [0.717, 1.165) is 12.0 Å². The molecule has 1 heterocycles. The summed E-state index contributed by atoms with van der Waals surface area (Å²) < 4.78 is 2.11. The number of hydrogen-bond acceptors (Lipinski definition) is 1. The van der Waals surface area contributed by atoms with Gasteiger partial charge in [-0.2, -0.15) is 0 Å². The van der Waals surface area contributed by atoms with Gasteiger partial charge >= 0.3 is 5.97 Å². The molecule has 2 rings (SSSR count).